The quantitative estimate of drug-likeness (QED) is 0.706. The maximum absolute atomic E-state index is 5.41. The summed E-state index contributed by atoms with van der Waals surface area (Å²) >= 11 is 0. The van der Waals surface area contributed by atoms with Crippen molar-refractivity contribution >= 4 is 6.08 Å². The van der Waals surface area contributed by atoms with Crippen molar-refractivity contribution in [2.75, 3.05) is 6.54 Å². The zero-order chi connectivity index (χ0) is 9.52. The van der Waals surface area contributed by atoms with Crippen molar-refractivity contribution in [1.82, 2.24) is 0 Å². The molecular weight excluding hydrogens is 162 g/mol. The zero-order valence-corrected chi connectivity index (χ0v) is 8.12. The third kappa shape index (κ3) is 3.95. The van der Waals surface area contributed by atoms with Gasteiger partial charge in [0.2, 0.25) is 0 Å². The molecule has 0 aliphatic rings. The Bertz CT molecular complexity index is 249. The monoisotopic (exact) mass is 179 g/mol. The molecule has 2 heteroatoms. The Labute approximate surface area is 79.4 Å². The molecule has 0 aliphatic carbocycles. The van der Waals surface area contributed by atoms with Gasteiger partial charge in [-0.15, -0.1) is 0 Å². The van der Waals surface area contributed by atoms with Crippen LogP contribution < -0.4 is 5.73 Å². The van der Waals surface area contributed by atoms with E-state index in [0.717, 1.165) is 25.1 Å². The van der Waals surface area contributed by atoms with Gasteiger partial charge in [-0.1, -0.05) is 5.57 Å². The molecule has 0 saturated heterocycles. The van der Waals surface area contributed by atoms with Crippen molar-refractivity contribution < 1.29 is 4.42 Å². The van der Waals surface area contributed by atoms with Crippen LogP contribution in [0.3, 0.4) is 0 Å². The number of furan rings is 1. The molecule has 0 saturated carbocycles. The zero-order valence-electron chi connectivity index (χ0n) is 8.12. The summed E-state index contributed by atoms with van der Waals surface area (Å²) in [5, 5.41) is 0. The van der Waals surface area contributed by atoms with Crippen LogP contribution in [0.5, 0.6) is 0 Å². The molecule has 0 aromatic carbocycles. The lowest BCUT2D eigenvalue weighted by molar-refractivity contribution is 0.556. The van der Waals surface area contributed by atoms with Crippen molar-refractivity contribution in [3.8, 4) is 0 Å². The molecule has 0 bridgehead atoms. The Kier molecular flexibility index (Phi) is 4.33. The number of unbranched alkanes of at least 4 members (excludes halogenated alkanes) is 1. The van der Waals surface area contributed by atoms with Crippen LogP contribution in [0.25, 0.3) is 6.08 Å². The lowest BCUT2D eigenvalue weighted by atomic mass is 10.1. The summed E-state index contributed by atoms with van der Waals surface area (Å²) in [4.78, 5) is 0. The van der Waals surface area contributed by atoms with Crippen molar-refractivity contribution in [1.29, 1.82) is 0 Å². The molecule has 1 aromatic heterocycles. The number of hydrogen-bond donors (Lipinski definition) is 1. The Morgan fingerprint density at radius 3 is 3.00 bits per heavy atom. The second-order valence-electron chi connectivity index (χ2n) is 3.25. The van der Waals surface area contributed by atoms with Gasteiger partial charge in [-0.2, -0.15) is 0 Å². The van der Waals surface area contributed by atoms with Crippen LogP contribution in [0.15, 0.2) is 28.4 Å². The van der Waals surface area contributed by atoms with Gasteiger partial charge >= 0.3 is 0 Å². The van der Waals surface area contributed by atoms with E-state index in [4.69, 9.17) is 10.2 Å². The molecule has 1 rings (SSSR count). The predicted molar refractivity (Wildman–Crippen MR) is 55.3 cm³/mol. The summed E-state index contributed by atoms with van der Waals surface area (Å²) in [7, 11) is 0. The van der Waals surface area contributed by atoms with Crippen LogP contribution in [0, 0.1) is 0 Å². The van der Waals surface area contributed by atoms with Gasteiger partial charge in [0.1, 0.15) is 5.76 Å². The highest BCUT2D eigenvalue weighted by Gasteiger charge is 1.93. The fourth-order valence-corrected chi connectivity index (χ4v) is 1.24. The largest absolute Gasteiger partial charge is 0.465 e. The molecule has 72 valence electrons. The minimum Gasteiger partial charge on any atom is -0.465 e. The van der Waals surface area contributed by atoms with Crippen molar-refractivity contribution in [2.45, 2.75) is 26.2 Å². The van der Waals surface area contributed by atoms with E-state index >= 15 is 0 Å². The lowest BCUT2D eigenvalue weighted by Crippen LogP contribution is -1.97. The minimum absolute atomic E-state index is 0.786. The van der Waals surface area contributed by atoms with E-state index in [2.05, 4.69) is 13.0 Å². The average Bonchev–Trinajstić information content (AvgIpc) is 2.57. The normalized spacial score (nSPS) is 12.0. The number of nitrogens with two attached hydrogens (primary N) is 1. The maximum atomic E-state index is 5.41. The Hall–Kier alpha value is -1.02. The molecule has 0 fully saturated rings. The average molecular weight is 179 g/mol. The standard InChI is InChI=1S/C11H17NO/c1-10(5-2-3-7-12)9-11-6-4-8-13-11/h4,6,8-9H,2-3,5,7,12H2,1H3/b10-9+. The van der Waals surface area contributed by atoms with Crippen molar-refractivity contribution in [3.05, 3.63) is 29.7 Å². The molecule has 0 amide bonds. The summed E-state index contributed by atoms with van der Waals surface area (Å²) in [5.74, 6) is 0.935. The highest BCUT2D eigenvalue weighted by molar-refractivity contribution is 5.46. The second-order valence-corrected chi connectivity index (χ2v) is 3.25. The van der Waals surface area contributed by atoms with E-state index < -0.39 is 0 Å². The van der Waals surface area contributed by atoms with Gasteiger partial charge in [0.15, 0.2) is 0 Å². The van der Waals surface area contributed by atoms with Crippen molar-refractivity contribution in [2.24, 2.45) is 5.73 Å². The van der Waals surface area contributed by atoms with Crippen LogP contribution in [-0.2, 0) is 0 Å². The molecule has 1 heterocycles. The van der Waals surface area contributed by atoms with E-state index in [1.807, 2.05) is 12.1 Å². The summed E-state index contributed by atoms with van der Waals surface area (Å²) in [6.45, 7) is 2.91. The Balaban J connectivity index is 2.34. The highest BCUT2D eigenvalue weighted by atomic mass is 16.3. The topological polar surface area (TPSA) is 39.2 Å². The first-order chi connectivity index (χ1) is 6.33. The molecule has 1 aromatic rings. The fraction of sp³-hybridized carbons (Fsp3) is 0.455. The summed E-state index contributed by atoms with van der Waals surface area (Å²) in [5.41, 5.74) is 6.76. The SMILES string of the molecule is C/C(=C\c1ccco1)CCCCN. The predicted octanol–water partition coefficient (Wildman–Crippen LogP) is 2.81. The van der Waals surface area contributed by atoms with E-state index in [-0.39, 0.29) is 0 Å². The summed E-state index contributed by atoms with van der Waals surface area (Å²) in [6.07, 6.45) is 7.15. The third-order valence-corrected chi connectivity index (χ3v) is 1.96. The second kappa shape index (κ2) is 5.60. The number of allylic oxidation sites excluding steroid dienone is 1. The van der Waals surface area contributed by atoms with Gasteiger partial charge in [0, 0.05) is 0 Å². The summed E-state index contributed by atoms with van der Waals surface area (Å²) < 4.78 is 5.21. The van der Waals surface area contributed by atoms with E-state index in [1.54, 1.807) is 6.26 Å². The first kappa shape index (κ1) is 10.1. The third-order valence-electron chi connectivity index (χ3n) is 1.96. The number of hydrogen-bond acceptors (Lipinski definition) is 2. The van der Waals surface area contributed by atoms with E-state index in [0.29, 0.717) is 0 Å². The molecule has 13 heavy (non-hydrogen) atoms. The first-order valence-corrected chi connectivity index (χ1v) is 4.73. The van der Waals surface area contributed by atoms with Crippen LogP contribution in [-0.4, -0.2) is 6.54 Å². The lowest BCUT2D eigenvalue weighted by Gasteiger charge is -1.98. The molecule has 2 N–H and O–H groups in total. The maximum Gasteiger partial charge on any atom is 0.126 e. The molecule has 0 atom stereocenters. The van der Waals surface area contributed by atoms with Gasteiger partial charge in [-0.3, -0.25) is 0 Å². The molecule has 0 aliphatic heterocycles. The minimum atomic E-state index is 0.786. The molecule has 0 spiro atoms. The van der Waals surface area contributed by atoms with Crippen LogP contribution in [0.4, 0.5) is 0 Å². The van der Waals surface area contributed by atoms with Gasteiger partial charge in [-0.05, 0) is 50.9 Å². The van der Waals surface area contributed by atoms with Crippen LogP contribution in [0.2, 0.25) is 0 Å². The van der Waals surface area contributed by atoms with E-state index in [1.165, 1.54) is 12.0 Å². The Morgan fingerprint density at radius 1 is 1.54 bits per heavy atom. The van der Waals surface area contributed by atoms with Gasteiger partial charge < -0.3 is 10.2 Å². The summed E-state index contributed by atoms with van der Waals surface area (Å²) in [6, 6.07) is 3.87. The first-order valence-electron chi connectivity index (χ1n) is 4.73. The fourth-order valence-electron chi connectivity index (χ4n) is 1.24. The highest BCUT2D eigenvalue weighted by Crippen LogP contribution is 2.12. The smallest absolute Gasteiger partial charge is 0.126 e. The Morgan fingerprint density at radius 2 is 2.38 bits per heavy atom. The van der Waals surface area contributed by atoms with Crippen LogP contribution >= 0.6 is 0 Å². The van der Waals surface area contributed by atoms with Crippen molar-refractivity contribution in [3.63, 3.8) is 0 Å². The molecule has 0 unspecified atom stereocenters. The molecular formula is C11H17NO. The van der Waals surface area contributed by atoms with Gasteiger partial charge in [-0.25, -0.2) is 0 Å². The molecule has 2 nitrogen and oxygen atoms in total. The van der Waals surface area contributed by atoms with E-state index in [9.17, 15) is 0 Å². The van der Waals surface area contributed by atoms with Gasteiger partial charge in [0.25, 0.3) is 0 Å². The van der Waals surface area contributed by atoms with Crippen LogP contribution in [0.1, 0.15) is 31.9 Å². The number of rotatable bonds is 5. The molecule has 0 radical (unpaired) electrons. The van der Waals surface area contributed by atoms with Gasteiger partial charge in [0.05, 0.1) is 6.26 Å².